The second-order valence-corrected chi connectivity index (χ2v) is 8.31. The van der Waals surface area contributed by atoms with Gasteiger partial charge in [-0.25, -0.2) is 4.99 Å². The number of anilines is 2. The number of hydrogen-bond donors (Lipinski definition) is 0. The Labute approximate surface area is 216 Å². The first-order valence-corrected chi connectivity index (χ1v) is 11.4. The van der Waals surface area contributed by atoms with Gasteiger partial charge in [0.25, 0.3) is 5.69 Å². The average molecular weight is 511 g/mol. The van der Waals surface area contributed by atoms with Crippen LogP contribution in [0.2, 0.25) is 0 Å². The molecule has 0 fully saturated rings. The molecule has 0 unspecified atom stereocenters. The van der Waals surface area contributed by atoms with E-state index in [1.165, 1.54) is 4.90 Å². The molecule has 0 aliphatic rings. The summed E-state index contributed by atoms with van der Waals surface area (Å²) in [6, 6.07) is 24.3. The van der Waals surface area contributed by atoms with Gasteiger partial charge in [-0.15, -0.1) is 0 Å². The molecule has 0 aliphatic carbocycles. The van der Waals surface area contributed by atoms with E-state index in [9.17, 15) is 30.3 Å². The van der Waals surface area contributed by atoms with Gasteiger partial charge < -0.3 is 0 Å². The van der Waals surface area contributed by atoms with E-state index in [-0.39, 0.29) is 5.84 Å². The molecule has 11 nitrogen and oxygen atoms in total. The number of aliphatic imine (C=N–C) groups is 1. The summed E-state index contributed by atoms with van der Waals surface area (Å²) in [5, 5.41) is 36.0. The number of benzene rings is 4. The summed E-state index contributed by atoms with van der Waals surface area (Å²) in [4.78, 5) is 39.6. The fraction of sp³-hybridized carbons (Fsp3) is 0.0741. The first-order chi connectivity index (χ1) is 18.2. The summed E-state index contributed by atoms with van der Waals surface area (Å²) >= 11 is 0. The monoisotopic (exact) mass is 511 g/mol. The molecule has 11 heteroatoms. The lowest BCUT2D eigenvalue weighted by atomic mass is 10.1. The third-order valence-electron chi connectivity index (χ3n) is 5.82. The highest BCUT2D eigenvalue weighted by Gasteiger charge is 2.37. The van der Waals surface area contributed by atoms with Crippen molar-refractivity contribution in [3.63, 3.8) is 0 Å². The van der Waals surface area contributed by atoms with Gasteiger partial charge in [-0.2, -0.15) is 0 Å². The number of aryl methyl sites for hydroxylation is 2. The molecule has 0 spiro atoms. The van der Waals surface area contributed by atoms with Crippen LogP contribution in [-0.4, -0.2) is 20.6 Å². The summed E-state index contributed by atoms with van der Waals surface area (Å²) < 4.78 is 0. The topological polar surface area (TPSA) is 145 Å². The Morgan fingerprint density at radius 2 is 1.21 bits per heavy atom. The van der Waals surface area contributed by atoms with Crippen molar-refractivity contribution in [1.82, 2.24) is 0 Å². The Balaban J connectivity index is 2.20. The molecular weight excluding hydrogens is 490 g/mol. The van der Waals surface area contributed by atoms with E-state index >= 15 is 0 Å². The van der Waals surface area contributed by atoms with E-state index in [0.29, 0.717) is 22.5 Å². The number of rotatable bonds is 7. The minimum Gasteiger partial charge on any atom is -0.282 e. The maximum Gasteiger partial charge on any atom is 0.307 e. The average Bonchev–Trinajstić information content (AvgIpc) is 2.90. The standard InChI is InChI=1S/C27H21N5O6/c1-18-10-6-8-14-22(18)28-27(20-12-4-3-5-13-20)29(23-15-9-7-11-19(23)2)26-24(31(35)36)16-21(30(33)34)17-25(26)32(37)38/h3-17H,1-2H3. The van der Waals surface area contributed by atoms with Gasteiger partial charge in [0.15, 0.2) is 0 Å². The van der Waals surface area contributed by atoms with Crippen molar-refractivity contribution in [3.05, 3.63) is 138 Å². The van der Waals surface area contributed by atoms with Gasteiger partial charge in [0.1, 0.15) is 5.84 Å². The van der Waals surface area contributed by atoms with Gasteiger partial charge in [0, 0.05) is 5.56 Å². The van der Waals surface area contributed by atoms with Crippen LogP contribution in [0.25, 0.3) is 0 Å². The number of non-ortho nitro benzene ring substituents is 1. The molecule has 4 rings (SSSR count). The lowest BCUT2D eigenvalue weighted by Crippen LogP contribution is -2.29. The van der Waals surface area contributed by atoms with E-state index in [0.717, 1.165) is 17.7 Å². The van der Waals surface area contributed by atoms with Crippen LogP contribution in [0.5, 0.6) is 0 Å². The molecule has 0 N–H and O–H groups in total. The van der Waals surface area contributed by atoms with Crippen molar-refractivity contribution in [2.24, 2.45) is 4.99 Å². The maximum atomic E-state index is 12.3. The van der Waals surface area contributed by atoms with Gasteiger partial charge in [0.05, 0.1) is 38.3 Å². The minimum atomic E-state index is -0.901. The van der Waals surface area contributed by atoms with Gasteiger partial charge in [0.2, 0.25) is 5.69 Å². The van der Waals surface area contributed by atoms with Crippen LogP contribution < -0.4 is 4.90 Å². The maximum absolute atomic E-state index is 12.3. The van der Waals surface area contributed by atoms with Crippen molar-refractivity contribution in [2.75, 3.05) is 4.90 Å². The van der Waals surface area contributed by atoms with Gasteiger partial charge in [-0.1, -0.05) is 66.7 Å². The molecule has 4 aromatic rings. The Morgan fingerprint density at radius 1 is 0.684 bits per heavy atom. The number of nitro groups is 3. The highest BCUT2D eigenvalue weighted by molar-refractivity contribution is 6.17. The molecule has 0 saturated carbocycles. The van der Waals surface area contributed by atoms with Crippen molar-refractivity contribution >= 4 is 40.0 Å². The largest absolute Gasteiger partial charge is 0.307 e. The summed E-state index contributed by atoms with van der Waals surface area (Å²) in [7, 11) is 0. The molecule has 0 bridgehead atoms. The highest BCUT2D eigenvalue weighted by atomic mass is 16.6. The first-order valence-electron chi connectivity index (χ1n) is 11.4. The molecule has 0 amide bonds. The molecule has 0 heterocycles. The smallest absolute Gasteiger partial charge is 0.282 e. The van der Waals surface area contributed by atoms with Gasteiger partial charge in [-0.3, -0.25) is 35.2 Å². The van der Waals surface area contributed by atoms with Crippen LogP contribution in [0.15, 0.2) is 96.0 Å². The normalized spacial score (nSPS) is 11.2. The molecule has 0 aliphatic heterocycles. The van der Waals surface area contributed by atoms with E-state index in [4.69, 9.17) is 4.99 Å². The molecule has 0 aromatic heterocycles. The fourth-order valence-electron chi connectivity index (χ4n) is 3.99. The second-order valence-electron chi connectivity index (χ2n) is 8.31. The van der Waals surface area contributed by atoms with Gasteiger partial charge in [-0.05, 0) is 37.1 Å². The van der Waals surface area contributed by atoms with Crippen molar-refractivity contribution in [3.8, 4) is 0 Å². The summed E-state index contributed by atoms with van der Waals surface area (Å²) in [6.07, 6.45) is 0. The second kappa shape index (κ2) is 10.7. The van der Waals surface area contributed by atoms with Crippen molar-refractivity contribution in [1.29, 1.82) is 0 Å². The van der Waals surface area contributed by atoms with E-state index in [2.05, 4.69) is 0 Å². The Bertz CT molecular complexity index is 1550. The van der Waals surface area contributed by atoms with Crippen LogP contribution >= 0.6 is 0 Å². The van der Waals surface area contributed by atoms with E-state index in [1.54, 1.807) is 73.7 Å². The van der Waals surface area contributed by atoms with Gasteiger partial charge >= 0.3 is 11.4 Å². The number of hydrogen-bond acceptors (Lipinski definition) is 7. The van der Waals surface area contributed by atoms with E-state index < -0.39 is 37.5 Å². The quantitative estimate of drug-likeness (QED) is 0.113. The molecule has 190 valence electrons. The third kappa shape index (κ3) is 5.07. The number of nitrogens with zero attached hydrogens (tertiary/aromatic N) is 5. The molecule has 0 atom stereocenters. The van der Waals surface area contributed by atoms with E-state index in [1.807, 2.05) is 19.1 Å². The minimum absolute atomic E-state index is 0.161. The zero-order valence-electron chi connectivity index (χ0n) is 20.3. The van der Waals surface area contributed by atoms with Crippen LogP contribution in [0.3, 0.4) is 0 Å². The van der Waals surface area contributed by atoms with Crippen molar-refractivity contribution < 1.29 is 14.8 Å². The third-order valence-corrected chi connectivity index (χ3v) is 5.82. The number of para-hydroxylation sites is 2. The van der Waals surface area contributed by atoms with Crippen LogP contribution in [-0.2, 0) is 0 Å². The highest BCUT2D eigenvalue weighted by Crippen LogP contribution is 2.45. The Morgan fingerprint density at radius 3 is 1.74 bits per heavy atom. The van der Waals surface area contributed by atoms with Crippen LogP contribution in [0.4, 0.5) is 34.1 Å². The first kappa shape index (κ1) is 25.6. The zero-order valence-corrected chi connectivity index (χ0v) is 20.3. The zero-order chi connectivity index (χ0) is 27.4. The Hall–Kier alpha value is -5.45. The molecule has 4 aromatic carbocycles. The summed E-state index contributed by atoms with van der Waals surface area (Å²) in [5.74, 6) is 0.161. The van der Waals surface area contributed by atoms with Crippen LogP contribution in [0, 0.1) is 44.2 Å². The lowest BCUT2D eigenvalue weighted by Gasteiger charge is -2.27. The molecule has 0 saturated heterocycles. The predicted molar refractivity (Wildman–Crippen MR) is 144 cm³/mol. The SMILES string of the molecule is Cc1ccccc1N=C(c1ccccc1)N(c1ccccc1C)c1c([N+](=O)[O-])cc([N+](=O)[O-])cc1[N+](=O)[O-]. The summed E-state index contributed by atoms with van der Waals surface area (Å²) in [6.45, 7) is 3.60. The molecule has 38 heavy (non-hydrogen) atoms. The number of amidine groups is 1. The Kier molecular flexibility index (Phi) is 7.19. The fourth-order valence-corrected chi connectivity index (χ4v) is 3.99. The van der Waals surface area contributed by atoms with Crippen molar-refractivity contribution in [2.45, 2.75) is 13.8 Å². The summed E-state index contributed by atoms with van der Waals surface area (Å²) in [5.41, 5.74) is 0.0540. The lowest BCUT2D eigenvalue weighted by molar-refractivity contribution is -0.402. The van der Waals surface area contributed by atoms with Crippen LogP contribution in [0.1, 0.15) is 16.7 Å². The molecular formula is C27H21N5O6. The predicted octanol–water partition coefficient (Wildman–Crippen LogP) is 6.94. The molecule has 0 radical (unpaired) electrons. The number of nitro benzene ring substituents is 3.